The topological polar surface area (TPSA) is 102 Å². The Hall–Kier alpha value is -3.83. The lowest BCUT2D eigenvalue weighted by molar-refractivity contribution is -0.127. The SMILES string of the molecule is COc1nc(N[C@@H]2CCN(C)C2=O)nn2ccc(-c3ccc4nnn(CC(F)F)c4c3)c12. The van der Waals surface area contributed by atoms with Crippen molar-refractivity contribution >= 4 is 28.4 Å². The van der Waals surface area contributed by atoms with E-state index in [2.05, 4.69) is 25.7 Å². The molecule has 4 heterocycles. The van der Waals surface area contributed by atoms with Crippen LogP contribution in [0, 0.1) is 0 Å². The Morgan fingerprint density at radius 1 is 1.31 bits per heavy atom. The number of aromatic nitrogens is 6. The van der Waals surface area contributed by atoms with Gasteiger partial charge in [0, 0.05) is 25.4 Å². The number of rotatable bonds is 6. The highest BCUT2D eigenvalue weighted by Crippen LogP contribution is 2.33. The van der Waals surface area contributed by atoms with Gasteiger partial charge in [-0.2, -0.15) is 4.98 Å². The zero-order valence-electron chi connectivity index (χ0n) is 17.4. The third-order valence-corrected chi connectivity index (χ3v) is 5.54. The molecule has 3 aromatic heterocycles. The van der Waals surface area contributed by atoms with E-state index in [-0.39, 0.29) is 17.9 Å². The highest BCUT2D eigenvalue weighted by molar-refractivity contribution is 5.90. The van der Waals surface area contributed by atoms with Crippen molar-refractivity contribution in [2.24, 2.45) is 0 Å². The van der Waals surface area contributed by atoms with Gasteiger partial charge >= 0.3 is 0 Å². The van der Waals surface area contributed by atoms with Crippen LogP contribution in [0.3, 0.4) is 0 Å². The van der Waals surface area contributed by atoms with Crippen LogP contribution >= 0.6 is 0 Å². The second kappa shape index (κ2) is 7.70. The van der Waals surface area contributed by atoms with Crippen molar-refractivity contribution in [1.82, 2.24) is 34.5 Å². The molecule has 166 valence electrons. The van der Waals surface area contributed by atoms with Crippen molar-refractivity contribution in [1.29, 1.82) is 0 Å². The van der Waals surface area contributed by atoms with Gasteiger partial charge in [-0.05, 0) is 30.2 Å². The third kappa shape index (κ3) is 3.37. The number of fused-ring (bicyclic) bond motifs is 2. The summed E-state index contributed by atoms with van der Waals surface area (Å²) in [6.07, 6.45) is -0.123. The van der Waals surface area contributed by atoms with Crippen molar-refractivity contribution in [3.63, 3.8) is 0 Å². The number of amides is 1. The molecule has 1 aromatic carbocycles. The molecule has 0 bridgehead atoms. The number of nitrogens with one attached hydrogen (secondary N) is 1. The lowest BCUT2D eigenvalue weighted by Gasteiger charge is -2.13. The molecule has 1 N–H and O–H groups in total. The Labute approximate surface area is 180 Å². The molecule has 0 radical (unpaired) electrons. The number of alkyl halides is 2. The molecule has 0 unspecified atom stereocenters. The summed E-state index contributed by atoms with van der Waals surface area (Å²) in [7, 11) is 3.26. The standard InChI is InChI=1S/C20H20F2N8O2/c1-28-7-6-14(19(28)31)23-20-24-18(32-2)17-12(5-8-29(17)26-20)11-3-4-13-15(9-11)30(27-25-13)10-16(21)22/h3-5,8-9,14,16H,6-7,10H2,1-2H3,(H,23,26)/t14-/m1/s1. The number of carbonyl (C=O) groups is 1. The molecule has 32 heavy (non-hydrogen) atoms. The summed E-state index contributed by atoms with van der Waals surface area (Å²) < 4.78 is 34.1. The maximum atomic E-state index is 12.9. The summed E-state index contributed by atoms with van der Waals surface area (Å²) in [5, 5.41) is 15.3. The Bertz CT molecular complexity index is 1320. The van der Waals surface area contributed by atoms with Gasteiger partial charge in [-0.3, -0.25) is 4.79 Å². The first kappa shape index (κ1) is 20.1. The van der Waals surface area contributed by atoms with Crippen LogP contribution < -0.4 is 10.1 Å². The maximum Gasteiger partial charge on any atom is 0.258 e. The van der Waals surface area contributed by atoms with Gasteiger partial charge in [0.05, 0.1) is 12.6 Å². The zero-order chi connectivity index (χ0) is 22.4. The quantitative estimate of drug-likeness (QED) is 0.488. The molecule has 0 spiro atoms. The molecule has 4 aromatic rings. The minimum absolute atomic E-state index is 0.0109. The van der Waals surface area contributed by atoms with Crippen molar-refractivity contribution in [2.75, 3.05) is 26.0 Å². The van der Waals surface area contributed by atoms with Gasteiger partial charge in [-0.25, -0.2) is 18.0 Å². The smallest absolute Gasteiger partial charge is 0.258 e. The Morgan fingerprint density at radius 3 is 2.88 bits per heavy atom. The normalized spacial score (nSPS) is 16.6. The first-order valence-corrected chi connectivity index (χ1v) is 10.0. The van der Waals surface area contributed by atoms with Gasteiger partial charge < -0.3 is 15.0 Å². The minimum Gasteiger partial charge on any atom is -0.479 e. The fraction of sp³-hybridized carbons (Fsp3) is 0.350. The van der Waals surface area contributed by atoms with Gasteiger partial charge in [-0.1, -0.05) is 11.3 Å². The zero-order valence-corrected chi connectivity index (χ0v) is 17.4. The number of hydrogen-bond donors (Lipinski definition) is 1. The fourth-order valence-electron chi connectivity index (χ4n) is 3.94. The highest BCUT2D eigenvalue weighted by atomic mass is 19.3. The predicted molar refractivity (Wildman–Crippen MR) is 112 cm³/mol. The molecule has 0 saturated carbocycles. The number of halogens is 2. The number of benzene rings is 1. The maximum absolute atomic E-state index is 12.9. The first-order chi connectivity index (χ1) is 15.4. The number of likely N-dealkylation sites (tertiary alicyclic amines) is 1. The van der Waals surface area contributed by atoms with Crippen molar-refractivity contribution < 1.29 is 18.3 Å². The molecule has 1 fully saturated rings. The summed E-state index contributed by atoms with van der Waals surface area (Å²) in [5.74, 6) is 0.587. The summed E-state index contributed by atoms with van der Waals surface area (Å²) in [5.41, 5.74) is 3.16. The monoisotopic (exact) mass is 442 g/mol. The van der Waals surface area contributed by atoms with E-state index in [1.165, 1.54) is 11.8 Å². The number of hydrogen-bond acceptors (Lipinski definition) is 7. The third-order valence-electron chi connectivity index (χ3n) is 5.54. The summed E-state index contributed by atoms with van der Waals surface area (Å²) in [6, 6.07) is 6.77. The van der Waals surface area contributed by atoms with Crippen molar-refractivity contribution in [2.45, 2.75) is 25.4 Å². The fourth-order valence-corrected chi connectivity index (χ4v) is 3.94. The molecule has 1 aliphatic heterocycles. The van der Waals surface area contributed by atoms with Gasteiger partial charge in [0.1, 0.15) is 23.6 Å². The highest BCUT2D eigenvalue weighted by Gasteiger charge is 2.30. The molecule has 1 amide bonds. The number of methoxy groups -OCH3 is 1. The Morgan fingerprint density at radius 2 is 2.16 bits per heavy atom. The average molecular weight is 442 g/mol. The number of carbonyl (C=O) groups excluding carboxylic acids is 1. The van der Waals surface area contributed by atoms with Gasteiger partial charge in [0.25, 0.3) is 6.43 Å². The van der Waals surface area contributed by atoms with E-state index in [0.717, 1.165) is 11.1 Å². The lowest BCUT2D eigenvalue weighted by atomic mass is 10.1. The summed E-state index contributed by atoms with van der Waals surface area (Å²) >= 11 is 0. The van der Waals surface area contributed by atoms with Crippen LogP contribution in [0.2, 0.25) is 0 Å². The Balaban J connectivity index is 1.55. The van der Waals surface area contributed by atoms with Crippen molar-refractivity contribution in [3.8, 4) is 17.0 Å². The summed E-state index contributed by atoms with van der Waals surface area (Å²) in [6.45, 7) is 0.135. The molecule has 1 aliphatic rings. The van der Waals surface area contributed by atoms with Crippen LogP contribution in [0.1, 0.15) is 6.42 Å². The second-order valence-corrected chi connectivity index (χ2v) is 7.58. The van der Waals surface area contributed by atoms with E-state index in [9.17, 15) is 13.6 Å². The molecule has 1 atom stereocenters. The van der Waals surface area contributed by atoms with Crippen molar-refractivity contribution in [3.05, 3.63) is 30.5 Å². The van der Waals surface area contributed by atoms with E-state index in [4.69, 9.17) is 4.74 Å². The molecule has 0 aliphatic carbocycles. The molecule has 10 nitrogen and oxygen atoms in total. The van der Waals surface area contributed by atoms with Crippen LogP contribution in [-0.2, 0) is 11.3 Å². The van der Waals surface area contributed by atoms with Crippen LogP contribution in [0.5, 0.6) is 5.88 Å². The van der Waals surface area contributed by atoms with Gasteiger partial charge in [-0.15, -0.1) is 10.2 Å². The van der Waals surface area contributed by atoms with Crippen LogP contribution in [0.15, 0.2) is 30.5 Å². The summed E-state index contributed by atoms with van der Waals surface area (Å²) in [4.78, 5) is 18.3. The minimum atomic E-state index is -2.54. The van der Waals surface area contributed by atoms with Gasteiger partial charge in [0.15, 0.2) is 0 Å². The molecular weight excluding hydrogens is 422 g/mol. The number of nitrogens with zero attached hydrogens (tertiary/aromatic N) is 7. The van der Waals surface area contributed by atoms with E-state index in [1.54, 1.807) is 34.8 Å². The van der Waals surface area contributed by atoms with Crippen LogP contribution in [0.4, 0.5) is 14.7 Å². The first-order valence-electron chi connectivity index (χ1n) is 10.0. The van der Waals surface area contributed by atoms with Gasteiger partial charge in [0.2, 0.25) is 17.7 Å². The van der Waals surface area contributed by atoms with E-state index < -0.39 is 13.0 Å². The second-order valence-electron chi connectivity index (χ2n) is 7.58. The molecule has 5 rings (SSSR count). The van der Waals surface area contributed by atoms with E-state index in [0.29, 0.717) is 35.4 Å². The molecule has 12 heteroatoms. The van der Waals surface area contributed by atoms with Crippen LogP contribution in [0.25, 0.3) is 27.7 Å². The van der Waals surface area contributed by atoms with E-state index in [1.807, 2.05) is 12.1 Å². The number of anilines is 1. The number of likely N-dealkylation sites (N-methyl/N-ethyl adjacent to an activating group) is 1. The Kier molecular flexibility index (Phi) is 4.83. The van der Waals surface area contributed by atoms with Crippen LogP contribution in [-0.4, -0.2) is 73.6 Å². The predicted octanol–water partition coefficient (Wildman–Crippen LogP) is 2.06. The average Bonchev–Trinajstić information content (AvgIpc) is 3.46. The lowest BCUT2D eigenvalue weighted by Crippen LogP contribution is -2.31. The largest absolute Gasteiger partial charge is 0.479 e. The number of ether oxygens (including phenoxy) is 1. The molecular formula is C20H20F2N8O2. The van der Waals surface area contributed by atoms with E-state index >= 15 is 0 Å². The molecule has 1 saturated heterocycles.